The van der Waals surface area contributed by atoms with Gasteiger partial charge in [0.2, 0.25) is 0 Å². The van der Waals surface area contributed by atoms with E-state index >= 15 is 0 Å². The lowest BCUT2D eigenvalue weighted by Crippen LogP contribution is -2.36. The van der Waals surface area contributed by atoms with Crippen LogP contribution in [0.5, 0.6) is 0 Å². The quantitative estimate of drug-likeness (QED) is 0.441. The summed E-state index contributed by atoms with van der Waals surface area (Å²) in [4.78, 5) is 12.6. The molecule has 4 nitrogen and oxygen atoms in total. The fourth-order valence-corrected chi connectivity index (χ4v) is 1.04. The number of nitrogens with one attached hydrogen (secondary N) is 1. The third-order valence-corrected chi connectivity index (χ3v) is 1.91. The smallest absolute Gasteiger partial charge is 0.317 e. The van der Waals surface area contributed by atoms with Gasteiger partial charge < -0.3 is 15.3 Å². The lowest BCUT2D eigenvalue weighted by Gasteiger charge is -2.19. The van der Waals surface area contributed by atoms with Crippen LogP contribution < -0.4 is 5.32 Å². The average molecular weight is 226 g/mol. The van der Waals surface area contributed by atoms with Crippen LogP contribution in [-0.2, 0) is 0 Å². The molecule has 0 aromatic heterocycles. The number of likely N-dealkylation sites (N-methyl/N-ethyl adjacent to an activating group) is 1. The van der Waals surface area contributed by atoms with Gasteiger partial charge in [0.1, 0.15) is 5.76 Å². The van der Waals surface area contributed by atoms with Crippen molar-refractivity contribution in [2.24, 2.45) is 0 Å². The summed E-state index contributed by atoms with van der Waals surface area (Å²) in [7, 11) is 3.22. The highest BCUT2D eigenvalue weighted by molar-refractivity contribution is 5.73. The molecule has 0 saturated heterocycles. The zero-order chi connectivity index (χ0) is 13.3. The topological polar surface area (TPSA) is 52.6 Å². The molecule has 0 aromatic carbocycles. The van der Waals surface area contributed by atoms with Gasteiger partial charge in [0.25, 0.3) is 0 Å². The van der Waals surface area contributed by atoms with Crippen LogP contribution in [0.15, 0.2) is 36.6 Å². The predicted octanol–water partition coefficient (Wildman–Crippen LogP) is 2.47. The first-order chi connectivity index (χ1) is 7.40. The Hall–Kier alpha value is -1.71. The van der Waals surface area contributed by atoms with E-state index in [-0.39, 0.29) is 11.8 Å². The van der Waals surface area contributed by atoms with Gasteiger partial charge in [-0.05, 0) is 13.8 Å². The molecule has 0 aliphatic rings. The van der Waals surface area contributed by atoms with Crippen molar-refractivity contribution in [1.29, 1.82) is 0 Å². The van der Waals surface area contributed by atoms with Crippen LogP contribution in [0.2, 0.25) is 0 Å². The van der Waals surface area contributed by atoms with E-state index in [0.717, 1.165) is 5.57 Å². The van der Waals surface area contributed by atoms with Gasteiger partial charge in [0, 0.05) is 19.7 Å². The van der Waals surface area contributed by atoms with E-state index in [1.165, 1.54) is 4.90 Å². The van der Waals surface area contributed by atoms with Crippen molar-refractivity contribution < 1.29 is 9.90 Å². The van der Waals surface area contributed by atoms with Crippen molar-refractivity contribution >= 4 is 6.03 Å². The van der Waals surface area contributed by atoms with Gasteiger partial charge in [0.05, 0.1) is 6.54 Å². The van der Waals surface area contributed by atoms with Gasteiger partial charge in [-0.25, -0.2) is 4.79 Å². The zero-order valence-electron chi connectivity index (χ0n) is 10.6. The third kappa shape index (κ3) is 5.90. The van der Waals surface area contributed by atoms with Crippen LogP contribution >= 0.6 is 0 Å². The fourth-order valence-electron chi connectivity index (χ4n) is 1.04. The van der Waals surface area contributed by atoms with E-state index in [2.05, 4.69) is 25.1 Å². The van der Waals surface area contributed by atoms with Crippen molar-refractivity contribution in [3.05, 3.63) is 36.6 Å². The van der Waals surface area contributed by atoms with E-state index in [1.54, 1.807) is 14.1 Å². The second-order valence-corrected chi connectivity index (χ2v) is 3.34. The summed E-state index contributed by atoms with van der Waals surface area (Å²) in [5, 5.41) is 11.8. The first-order valence-electron chi connectivity index (χ1n) is 4.87. The molecule has 0 atom stereocenters. The minimum Gasteiger partial charge on any atom is -0.508 e. The van der Waals surface area contributed by atoms with Crippen molar-refractivity contribution in [2.75, 3.05) is 20.6 Å². The Morgan fingerprint density at radius 3 is 2.06 bits per heavy atom. The number of aliphatic hydroxyl groups excluding tert-OH is 1. The molecule has 0 saturated carbocycles. The number of nitrogens with zero attached hydrogens (tertiary/aromatic N) is 1. The van der Waals surface area contributed by atoms with E-state index in [1.807, 2.05) is 13.8 Å². The minimum atomic E-state index is -0.190. The Labute approximate surface area is 98.0 Å². The molecule has 0 spiro atoms. The Morgan fingerprint density at radius 2 is 1.81 bits per heavy atom. The van der Waals surface area contributed by atoms with Gasteiger partial charge in [-0.1, -0.05) is 12.2 Å². The first kappa shape index (κ1) is 16.7. The molecule has 2 amide bonds. The molecule has 92 valence electrons. The summed E-state index contributed by atoms with van der Waals surface area (Å²) in [6, 6.07) is -0.190. The lowest BCUT2D eigenvalue weighted by atomic mass is 10.1. The van der Waals surface area contributed by atoms with Gasteiger partial charge >= 0.3 is 6.03 Å². The number of carbonyl (C=O) groups excluding carboxylic acids is 1. The van der Waals surface area contributed by atoms with Gasteiger partial charge in [-0.2, -0.15) is 0 Å². The van der Waals surface area contributed by atoms with Crippen molar-refractivity contribution in [2.45, 2.75) is 13.8 Å². The molecule has 0 aliphatic carbocycles. The molecule has 0 heterocycles. The normalized spacial score (nSPS) is 8.25. The monoisotopic (exact) mass is 226 g/mol. The number of urea groups is 1. The molecule has 4 heteroatoms. The van der Waals surface area contributed by atoms with Crippen molar-refractivity contribution in [3.8, 4) is 0 Å². The highest BCUT2D eigenvalue weighted by atomic mass is 16.3. The van der Waals surface area contributed by atoms with Crippen LogP contribution in [0.4, 0.5) is 4.79 Å². The number of aliphatic hydroxyl groups is 1. The first-order valence-corrected chi connectivity index (χ1v) is 4.87. The lowest BCUT2D eigenvalue weighted by molar-refractivity contribution is 0.214. The number of amides is 2. The van der Waals surface area contributed by atoms with Crippen LogP contribution in [-0.4, -0.2) is 36.7 Å². The molecule has 0 bridgehead atoms. The number of hydrogen-bond donors (Lipinski definition) is 2. The van der Waals surface area contributed by atoms with Crippen molar-refractivity contribution in [3.63, 3.8) is 0 Å². The molecule has 0 radical (unpaired) electrons. The number of allylic oxidation sites excluding steroid dienone is 1. The maximum absolute atomic E-state index is 11.2. The summed E-state index contributed by atoms with van der Waals surface area (Å²) >= 11 is 0. The molecule has 0 rings (SSSR count). The summed E-state index contributed by atoms with van der Waals surface area (Å²) in [5.74, 6) is 0.0146. The summed E-state index contributed by atoms with van der Waals surface area (Å²) in [6.07, 6.45) is 0. The Balaban J connectivity index is 0. The van der Waals surface area contributed by atoms with E-state index in [0.29, 0.717) is 12.1 Å². The van der Waals surface area contributed by atoms with E-state index < -0.39 is 0 Å². The molecular formula is C12H22N2O2. The highest BCUT2D eigenvalue weighted by Crippen LogP contribution is 2.11. The molecule has 16 heavy (non-hydrogen) atoms. The third-order valence-electron chi connectivity index (χ3n) is 1.91. The van der Waals surface area contributed by atoms with Gasteiger partial charge in [0.15, 0.2) is 0 Å². The minimum absolute atomic E-state index is 0.0146. The Bertz CT molecular complexity index is 279. The Kier molecular flexibility index (Phi) is 8.97. The number of hydrogen-bond acceptors (Lipinski definition) is 2. The number of rotatable bonds is 3. The van der Waals surface area contributed by atoms with Crippen LogP contribution in [0, 0.1) is 0 Å². The standard InChI is InChI=1S/C10H18N2O2.C2H4/c1-7(2)9(8(3)13)6-12(5)10(14)11-4;1-2/h13H,3,6H2,1-2,4-5H3,(H,11,14);1-2H2. The molecular weight excluding hydrogens is 204 g/mol. The zero-order valence-corrected chi connectivity index (χ0v) is 10.6. The SMILES string of the molecule is C=C.C=C(O)C(CN(C)C(=O)NC)=C(C)C. The molecule has 0 fully saturated rings. The highest BCUT2D eigenvalue weighted by Gasteiger charge is 2.11. The predicted molar refractivity (Wildman–Crippen MR) is 68.5 cm³/mol. The van der Waals surface area contributed by atoms with Crippen LogP contribution in [0.25, 0.3) is 0 Å². The van der Waals surface area contributed by atoms with E-state index in [9.17, 15) is 9.90 Å². The van der Waals surface area contributed by atoms with Gasteiger partial charge in [-0.3, -0.25) is 0 Å². The molecule has 0 unspecified atom stereocenters. The Morgan fingerprint density at radius 1 is 1.38 bits per heavy atom. The largest absolute Gasteiger partial charge is 0.508 e. The van der Waals surface area contributed by atoms with Crippen LogP contribution in [0.3, 0.4) is 0 Å². The van der Waals surface area contributed by atoms with E-state index in [4.69, 9.17) is 0 Å². The second-order valence-electron chi connectivity index (χ2n) is 3.34. The molecule has 0 aromatic rings. The molecule has 2 N–H and O–H groups in total. The van der Waals surface area contributed by atoms with Gasteiger partial charge in [-0.15, -0.1) is 13.2 Å². The summed E-state index contributed by atoms with van der Waals surface area (Å²) in [6.45, 7) is 13.6. The van der Waals surface area contributed by atoms with Crippen molar-refractivity contribution in [1.82, 2.24) is 10.2 Å². The number of carbonyl (C=O) groups is 1. The maximum Gasteiger partial charge on any atom is 0.317 e. The fraction of sp³-hybridized carbons (Fsp3) is 0.417. The van der Waals surface area contributed by atoms with Crippen LogP contribution in [0.1, 0.15) is 13.8 Å². The molecule has 0 aliphatic heterocycles. The second kappa shape index (κ2) is 8.59. The maximum atomic E-state index is 11.2. The summed E-state index contributed by atoms with van der Waals surface area (Å²) in [5.41, 5.74) is 1.64. The summed E-state index contributed by atoms with van der Waals surface area (Å²) < 4.78 is 0. The average Bonchev–Trinajstić information content (AvgIpc) is 2.26.